The number of benzene rings is 1. The molecule has 0 saturated heterocycles. The van der Waals surface area contributed by atoms with Crippen LogP contribution in [0, 0.1) is 18.3 Å². The van der Waals surface area contributed by atoms with Crippen molar-refractivity contribution in [1.29, 1.82) is 5.26 Å². The molecule has 0 spiro atoms. The number of amides is 1. The zero-order valence-corrected chi connectivity index (χ0v) is 31.1. The summed E-state index contributed by atoms with van der Waals surface area (Å²) in [5.41, 5.74) is 1.92. The average molecular weight is 662 g/mol. The van der Waals surface area contributed by atoms with Gasteiger partial charge in [-0.3, -0.25) is 9.58 Å². The number of aliphatic hydroxyl groups is 1. The predicted octanol–water partition coefficient (Wildman–Crippen LogP) is 7.46. The molecule has 0 bridgehead atoms. The fraction of sp³-hybridized carbons (Fsp3) is 0.571. The molecule has 254 valence electrons. The van der Waals surface area contributed by atoms with Crippen molar-refractivity contribution in [3.05, 3.63) is 47.3 Å². The second kappa shape index (κ2) is 12.7. The summed E-state index contributed by atoms with van der Waals surface area (Å²) >= 11 is 0. The van der Waals surface area contributed by atoms with Crippen LogP contribution in [0.4, 0.5) is 22.2 Å². The number of carbonyl (C=O) groups excluding carboxylic acids is 1. The number of nitrogens with zero attached hydrogens (tertiary/aromatic N) is 6. The maximum Gasteiger partial charge on any atom is 0.414 e. The van der Waals surface area contributed by atoms with Crippen molar-refractivity contribution >= 4 is 31.9 Å². The van der Waals surface area contributed by atoms with E-state index in [0.717, 1.165) is 16.8 Å². The van der Waals surface area contributed by atoms with Gasteiger partial charge in [0, 0.05) is 48.6 Å². The van der Waals surface area contributed by atoms with E-state index in [1.165, 1.54) is 0 Å². The van der Waals surface area contributed by atoms with Gasteiger partial charge in [0.2, 0.25) is 5.95 Å². The van der Waals surface area contributed by atoms with Gasteiger partial charge in [0.05, 0.1) is 22.5 Å². The highest BCUT2D eigenvalue weighted by Gasteiger charge is 2.47. The molecule has 3 aromatic rings. The number of nitriles is 1. The minimum absolute atomic E-state index is 0.00344. The van der Waals surface area contributed by atoms with Crippen LogP contribution in [0.15, 0.2) is 30.5 Å². The van der Waals surface area contributed by atoms with Crippen LogP contribution in [-0.2, 0) is 21.1 Å². The molecule has 2 aromatic heterocycles. The third-order valence-corrected chi connectivity index (χ3v) is 13.4. The largest absolute Gasteiger partial charge is 0.443 e. The summed E-state index contributed by atoms with van der Waals surface area (Å²) in [4.78, 5) is 24.3. The van der Waals surface area contributed by atoms with Gasteiger partial charge in [-0.05, 0) is 89.9 Å². The van der Waals surface area contributed by atoms with Crippen molar-refractivity contribution in [3.63, 3.8) is 0 Å². The summed E-state index contributed by atoms with van der Waals surface area (Å²) in [5.74, 6) is 0.943. The van der Waals surface area contributed by atoms with Gasteiger partial charge in [0.15, 0.2) is 14.1 Å². The van der Waals surface area contributed by atoms with Crippen LogP contribution >= 0.6 is 0 Å². The van der Waals surface area contributed by atoms with E-state index in [1.807, 2.05) is 44.5 Å². The first kappa shape index (κ1) is 36.1. The second-order valence-electron chi connectivity index (χ2n) is 16.1. The summed E-state index contributed by atoms with van der Waals surface area (Å²) in [7, 11) is -2.14. The lowest BCUT2D eigenvalue weighted by Gasteiger charge is -2.39. The maximum absolute atomic E-state index is 13.5. The molecule has 0 fully saturated rings. The Labute approximate surface area is 280 Å². The molecule has 12 heteroatoms. The molecule has 0 saturated carbocycles. The summed E-state index contributed by atoms with van der Waals surface area (Å²) in [6.07, 6.45) is 1.73. The third kappa shape index (κ3) is 8.39. The lowest BCUT2D eigenvalue weighted by molar-refractivity contribution is 0.0574. The van der Waals surface area contributed by atoms with E-state index in [1.54, 1.807) is 37.1 Å². The molecule has 1 aliphatic rings. The maximum atomic E-state index is 13.5. The Morgan fingerprint density at radius 1 is 1.15 bits per heavy atom. The average Bonchev–Trinajstić information content (AvgIpc) is 3.45. The quantitative estimate of drug-likeness (QED) is 0.224. The first-order chi connectivity index (χ1) is 21.5. The fourth-order valence-corrected chi connectivity index (χ4v) is 6.27. The molecule has 11 nitrogen and oxygen atoms in total. The molecule has 2 N–H and O–H groups in total. The molecule has 0 aliphatic carbocycles. The highest BCUT2D eigenvalue weighted by Crippen LogP contribution is 2.47. The zero-order valence-electron chi connectivity index (χ0n) is 30.1. The SMILES string of the molecule is Cc1cc(Nc2nccc(-c3cc(C#N)c4c(c3)[C@@](C)(CO[Si](C)(C)C(C)(C)C)CN4C(=O)OC(C)(C)C)n2)nn1CCC(C)(C)O. The Kier molecular flexibility index (Phi) is 9.72. The Morgan fingerprint density at radius 2 is 1.83 bits per heavy atom. The van der Waals surface area contributed by atoms with Gasteiger partial charge >= 0.3 is 6.09 Å². The van der Waals surface area contributed by atoms with Crippen LogP contribution in [0.1, 0.15) is 85.6 Å². The predicted molar refractivity (Wildman–Crippen MR) is 187 cm³/mol. The monoisotopic (exact) mass is 661 g/mol. The van der Waals surface area contributed by atoms with Gasteiger partial charge in [-0.2, -0.15) is 10.4 Å². The van der Waals surface area contributed by atoms with Crippen LogP contribution in [0.5, 0.6) is 0 Å². The molecule has 47 heavy (non-hydrogen) atoms. The van der Waals surface area contributed by atoms with E-state index < -0.39 is 31.0 Å². The summed E-state index contributed by atoms with van der Waals surface area (Å²) in [6.45, 7) is 25.4. The molecule has 1 aromatic carbocycles. The molecule has 0 radical (unpaired) electrons. The topological polar surface area (TPSA) is 138 Å². The first-order valence-corrected chi connectivity index (χ1v) is 19.0. The Morgan fingerprint density at radius 3 is 2.43 bits per heavy atom. The molecule has 1 atom stereocenters. The highest BCUT2D eigenvalue weighted by atomic mass is 28.4. The van der Waals surface area contributed by atoms with Gasteiger partial charge < -0.3 is 19.6 Å². The van der Waals surface area contributed by atoms with Crippen molar-refractivity contribution in [1.82, 2.24) is 19.7 Å². The van der Waals surface area contributed by atoms with Crippen molar-refractivity contribution in [2.75, 3.05) is 23.4 Å². The lowest BCUT2D eigenvalue weighted by Crippen LogP contribution is -2.46. The van der Waals surface area contributed by atoms with E-state index in [9.17, 15) is 15.2 Å². The summed E-state index contributed by atoms with van der Waals surface area (Å²) < 4.78 is 14.4. The van der Waals surface area contributed by atoms with Crippen molar-refractivity contribution < 1.29 is 19.1 Å². The number of carbonyl (C=O) groups is 1. The van der Waals surface area contributed by atoms with Gasteiger partial charge in [0.25, 0.3) is 0 Å². The van der Waals surface area contributed by atoms with Crippen molar-refractivity contribution in [2.45, 2.75) is 117 Å². The summed E-state index contributed by atoms with van der Waals surface area (Å²) in [5, 5.41) is 28.3. The van der Waals surface area contributed by atoms with Gasteiger partial charge in [0.1, 0.15) is 11.7 Å². The smallest absolute Gasteiger partial charge is 0.414 e. The van der Waals surface area contributed by atoms with E-state index in [2.05, 4.69) is 62.3 Å². The number of fused-ring (bicyclic) bond motifs is 1. The Balaban J connectivity index is 1.73. The van der Waals surface area contributed by atoms with Crippen LogP contribution in [0.3, 0.4) is 0 Å². The van der Waals surface area contributed by atoms with Crippen molar-refractivity contribution in [2.24, 2.45) is 0 Å². The fourth-order valence-electron chi connectivity index (χ4n) is 5.16. The number of aryl methyl sites for hydroxylation is 2. The third-order valence-electron chi connectivity index (χ3n) is 8.94. The number of nitrogens with one attached hydrogen (secondary N) is 1. The molecular formula is C35H51N7O4Si. The number of hydrogen-bond donors (Lipinski definition) is 2. The standard InChI is InChI=1S/C35H51N7O4Si/c1-23-17-28(40-42(23)16-14-34(8,9)44)39-30-37-15-13-27(38-30)24-18-25(20-36)29-26(19-24)35(10,22-45-47(11,12)33(5,6)7)21-41(29)31(43)46-32(2,3)4/h13,15,17-19,44H,14,16,21-22H2,1-12H3,(H,37,38,39,40)/t35-/m1/s1. The molecule has 1 aliphatic heterocycles. The normalized spacial score (nSPS) is 17.0. The van der Waals surface area contributed by atoms with Crippen LogP contribution < -0.4 is 10.2 Å². The zero-order chi connectivity index (χ0) is 35.2. The summed E-state index contributed by atoms with van der Waals surface area (Å²) in [6, 6.07) is 9.81. The second-order valence-corrected chi connectivity index (χ2v) is 20.9. The minimum atomic E-state index is -2.14. The lowest BCUT2D eigenvalue weighted by atomic mass is 9.83. The van der Waals surface area contributed by atoms with Crippen LogP contribution in [0.25, 0.3) is 11.3 Å². The van der Waals surface area contributed by atoms with E-state index in [4.69, 9.17) is 14.1 Å². The van der Waals surface area contributed by atoms with Crippen molar-refractivity contribution in [3.8, 4) is 17.3 Å². The van der Waals surface area contributed by atoms with Gasteiger partial charge in [-0.1, -0.05) is 27.7 Å². The number of hydrogen-bond acceptors (Lipinski definition) is 9. The van der Waals surface area contributed by atoms with Crippen LogP contribution in [0.2, 0.25) is 18.1 Å². The Bertz CT molecular complexity index is 1670. The first-order valence-electron chi connectivity index (χ1n) is 16.1. The number of anilines is 3. The molecule has 4 rings (SSSR count). The minimum Gasteiger partial charge on any atom is -0.443 e. The molecule has 0 unspecified atom stereocenters. The number of ether oxygens (including phenoxy) is 1. The molecule has 3 heterocycles. The molecule has 1 amide bonds. The van der Waals surface area contributed by atoms with E-state index in [0.29, 0.717) is 54.8 Å². The number of aromatic nitrogens is 4. The van der Waals surface area contributed by atoms with E-state index in [-0.39, 0.29) is 5.04 Å². The van der Waals surface area contributed by atoms with Gasteiger partial charge in [-0.25, -0.2) is 14.8 Å². The van der Waals surface area contributed by atoms with E-state index >= 15 is 0 Å². The number of rotatable bonds is 9. The molecular weight excluding hydrogens is 611 g/mol. The highest BCUT2D eigenvalue weighted by molar-refractivity contribution is 6.74. The van der Waals surface area contributed by atoms with Crippen LogP contribution in [-0.4, -0.2) is 63.6 Å². The Hall–Kier alpha value is -3.79. The van der Waals surface area contributed by atoms with Gasteiger partial charge in [-0.15, -0.1) is 0 Å².